The minimum Gasteiger partial charge on any atom is -0.308 e. The number of thiophene rings is 1. The Hall–Kier alpha value is -2.09. The number of anilines is 1. The predicted octanol–water partition coefficient (Wildman–Crippen LogP) is 4.00. The van der Waals surface area contributed by atoms with Gasteiger partial charge in [-0.15, -0.1) is 22.7 Å². The first-order valence-electron chi connectivity index (χ1n) is 6.39. The van der Waals surface area contributed by atoms with E-state index in [0.29, 0.717) is 10.0 Å². The molecule has 0 saturated heterocycles. The van der Waals surface area contributed by atoms with Crippen LogP contribution in [0.5, 0.6) is 0 Å². The maximum atomic E-state index is 11.9. The van der Waals surface area contributed by atoms with Crippen LogP contribution in [0, 0.1) is 0 Å². The van der Waals surface area contributed by atoms with Crippen molar-refractivity contribution in [1.29, 1.82) is 0 Å². The fourth-order valence-corrected chi connectivity index (χ4v) is 3.37. The quantitative estimate of drug-likeness (QED) is 0.705. The molecule has 22 heavy (non-hydrogen) atoms. The van der Waals surface area contributed by atoms with Gasteiger partial charge in [0.25, 0.3) is 5.91 Å². The van der Waals surface area contributed by atoms with Crippen LogP contribution >= 0.6 is 34.9 Å². The molecule has 2 heterocycles. The molecule has 0 fully saturated rings. The van der Waals surface area contributed by atoms with Gasteiger partial charge in [0.15, 0.2) is 10.2 Å². The van der Waals surface area contributed by atoms with Crippen molar-refractivity contribution in [1.82, 2.24) is 10.3 Å². The lowest BCUT2D eigenvalue weighted by molar-refractivity contribution is 0.0981. The van der Waals surface area contributed by atoms with E-state index in [4.69, 9.17) is 12.2 Å². The number of hydrogen-bond acceptors (Lipinski definition) is 5. The Bertz CT molecular complexity index is 781. The SMILES string of the molecule is O=C(NC(=S)Nc1nc(-c2ccccc2)cs1)c1cccs1. The first-order chi connectivity index (χ1) is 10.7. The van der Waals surface area contributed by atoms with Gasteiger partial charge < -0.3 is 5.32 Å². The van der Waals surface area contributed by atoms with Crippen molar-refractivity contribution in [2.45, 2.75) is 0 Å². The number of thiazole rings is 1. The topological polar surface area (TPSA) is 54.0 Å². The predicted molar refractivity (Wildman–Crippen MR) is 95.6 cm³/mol. The highest BCUT2D eigenvalue weighted by molar-refractivity contribution is 7.80. The number of carbonyl (C=O) groups is 1. The first-order valence-corrected chi connectivity index (χ1v) is 8.56. The van der Waals surface area contributed by atoms with Gasteiger partial charge in [-0.05, 0) is 23.7 Å². The molecule has 110 valence electrons. The number of nitrogens with zero attached hydrogens (tertiary/aromatic N) is 1. The summed E-state index contributed by atoms with van der Waals surface area (Å²) in [6.45, 7) is 0. The minimum atomic E-state index is -0.215. The summed E-state index contributed by atoms with van der Waals surface area (Å²) in [7, 11) is 0. The molecule has 7 heteroatoms. The number of carbonyl (C=O) groups excluding carboxylic acids is 1. The number of amides is 1. The molecule has 0 bridgehead atoms. The van der Waals surface area contributed by atoms with Crippen molar-refractivity contribution in [3.63, 3.8) is 0 Å². The zero-order valence-electron chi connectivity index (χ0n) is 11.3. The molecule has 2 aromatic heterocycles. The fraction of sp³-hybridized carbons (Fsp3) is 0. The number of thiocarbonyl (C=S) groups is 1. The molecule has 0 spiro atoms. The van der Waals surface area contributed by atoms with E-state index >= 15 is 0 Å². The summed E-state index contributed by atoms with van der Waals surface area (Å²) in [5.74, 6) is -0.215. The van der Waals surface area contributed by atoms with Gasteiger partial charge in [-0.3, -0.25) is 10.1 Å². The van der Waals surface area contributed by atoms with E-state index in [-0.39, 0.29) is 11.0 Å². The second-order valence-electron chi connectivity index (χ2n) is 4.29. The molecular formula is C15H11N3OS3. The Morgan fingerprint density at radius 1 is 1.09 bits per heavy atom. The number of rotatable bonds is 3. The number of benzene rings is 1. The van der Waals surface area contributed by atoms with Crippen LogP contribution in [0.1, 0.15) is 9.67 Å². The summed E-state index contributed by atoms with van der Waals surface area (Å²) in [4.78, 5) is 17.0. The van der Waals surface area contributed by atoms with Crippen LogP contribution in [0.15, 0.2) is 53.2 Å². The van der Waals surface area contributed by atoms with Crippen LogP contribution < -0.4 is 10.6 Å². The maximum Gasteiger partial charge on any atom is 0.267 e. The van der Waals surface area contributed by atoms with E-state index in [1.165, 1.54) is 22.7 Å². The smallest absolute Gasteiger partial charge is 0.267 e. The Morgan fingerprint density at radius 3 is 2.64 bits per heavy atom. The molecule has 0 saturated carbocycles. The normalized spacial score (nSPS) is 10.2. The van der Waals surface area contributed by atoms with Crippen LogP contribution in [0.4, 0.5) is 5.13 Å². The molecule has 3 rings (SSSR count). The summed E-state index contributed by atoms with van der Waals surface area (Å²) in [6.07, 6.45) is 0. The monoisotopic (exact) mass is 345 g/mol. The van der Waals surface area contributed by atoms with Crippen LogP contribution in [0.2, 0.25) is 0 Å². The van der Waals surface area contributed by atoms with E-state index in [1.807, 2.05) is 47.2 Å². The number of hydrogen-bond donors (Lipinski definition) is 2. The number of nitrogens with one attached hydrogen (secondary N) is 2. The van der Waals surface area contributed by atoms with Gasteiger partial charge in [-0.1, -0.05) is 36.4 Å². The summed E-state index contributed by atoms with van der Waals surface area (Å²) < 4.78 is 0. The standard InChI is InChI=1S/C15H11N3OS3/c19-13(12-7-4-8-21-12)17-14(20)18-15-16-11(9-22-15)10-5-2-1-3-6-10/h1-9H,(H2,16,17,18,19,20). The van der Waals surface area contributed by atoms with Gasteiger partial charge in [-0.2, -0.15) is 0 Å². The summed E-state index contributed by atoms with van der Waals surface area (Å²) in [5.41, 5.74) is 1.92. The highest BCUT2D eigenvalue weighted by atomic mass is 32.1. The minimum absolute atomic E-state index is 0.215. The Balaban J connectivity index is 1.63. The molecule has 0 aliphatic heterocycles. The van der Waals surface area contributed by atoms with Gasteiger partial charge in [0.2, 0.25) is 0 Å². The largest absolute Gasteiger partial charge is 0.308 e. The van der Waals surface area contributed by atoms with E-state index in [2.05, 4.69) is 15.6 Å². The lowest BCUT2D eigenvalue weighted by Crippen LogP contribution is -2.33. The lowest BCUT2D eigenvalue weighted by Gasteiger charge is -2.05. The molecule has 1 aromatic carbocycles. The van der Waals surface area contributed by atoms with Crippen LogP contribution in [-0.4, -0.2) is 16.0 Å². The second kappa shape index (κ2) is 6.78. The second-order valence-corrected chi connectivity index (χ2v) is 6.50. The summed E-state index contributed by atoms with van der Waals surface area (Å²) >= 11 is 7.95. The fourth-order valence-electron chi connectivity index (χ4n) is 1.77. The Labute approximate surface area is 140 Å². The van der Waals surface area contributed by atoms with Crippen molar-refractivity contribution in [3.8, 4) is 11.3 Å². The molecule has 0 aliphatic rings. The van der Waals surface area contributed by atoms with Crippen molar-refractivity contribution in [2.24, 2.45) is 0 Å². The summed E-state index contributed by atoms with van der Waals surface area (Å²) in [6, 6.07) is 13.5. The molecule has 1 amide bonds. The Kier molecular flexibility index (Phi) is 4.57. The molecule has 0 unspecified atom stereocenters. The maximum absolute atomic E-state index is 11.9. The lowest BCUT2D eigenvalue weighted by atomic mass is 10.2. The average Bonchev–Trinajstić information content (AvgIpc) is 3.19. The van der Waals surface area contributed by atoms with Crippen molar-refractivity contribution in [3.05, 3.63) is 58.1 Å². The molecule has 4 nitrogen and oxygen atoms in total. The van der Waals surface area contributed by atoms with E-state index in [1.54, 1.807) is 6.07 Å². The van der Waals surface area contributed by atoms with E-state index < -0.39 is 0 Å². The first kappa shape index (κ1) is 14.8. The van der Waals surface area contributed by atoms with Crippen LogP contribution in [0.3, 0.4) is 0 Å². The molecular weight excluding hydrogens is 334 g/mol. The van der Waals surface area contributed by atoms with Crippen LogP contribution in [-0.2, 0) is 0 Å². The van der Waals surface area contributed by atoms with Gasteiger partial charge in [0.05, 0.1) is 10.6 Å². The van der Waals surface area contributed by atoms with Crippen LogP contribution in [0.25, 0.3) is 11.3 Å². The molecule has 0 aliphatic carbocycles. The summed E-state index contributed by atoms with van der Waals surface area (Å²) in [5, 5.41) is 10.3. The van der Waals surface area contributed by atoms with Crippen molar-refractivity contribution < 1.29 is 4.79 Å². The molecule has 0 radical (unpaired) electrons. The third kappa shape index (κ3) is 3.56. The van der Waals surface area contributed by atoms with Gasteiger partial charge in [0, 0.05) is 10.9 Å². The number of aromatic nitrogens is 1. The zero-order valence-corrected chi connectivity index (χ0v) is 13.7. The molecule has 3 aromatic rings. The van der Waals surface area contributed by atoms with Gasteiger partial charge in [0.1, 0.15) is 0 Å². The third-order valence-electron chi connectivity index (χ3n) is 2.77. The van der Waals surface area contributed by atoms with Gasteiger partial charge in [-0.25, -0.2) is 4.98 Å². The zero-order chi connectivity index (χ0) is 15.4. The molecule has 2 N–H and O–H groups in total. The average molecular weight is 345 g/mol. The van der Waals surface area contributed by atoms with E-state index in [9.17, 15) is 4.79 Å². The highest BCUT2D eigenvalue weighted by Crippen LogP contribution is 2.24. The highest BCUT2D eigenvalue weighted by Gasteiger charge is 2.10. The Morgan fingerprint density at radius 2 is 1.91 bits per heavy atom. The third-order valence-corrected chi connectivity index (χ3v) is 4.60. The van der Waals surface area contributed by atoms with Crippen molar-refractivity contribution in [2.75, 3.05) is 5.32 Å². The van der Waals surface area contributed by atoms with Gasteiger partial charge >= 0.3 is 0 Å². The van der Waals surface area contributed by atoms with E-state index in [0.717, 1.165) is 11.3 Å². The van der Waals surface area contributed by atoms with Crippen molar-refractivity contribution >= 4 is 51.0 Å². The molecule has 0 atom stereocenters.